The van der Waals surface area contributed by atoms with Crippen molar-refractivity contribution in [3.8, 4) is 0 Å². The normalized spacial score (nSPS) is 10.7. The summed E-state index contributed by atoms with van der Waals surface area (Å²) in [7, 11) is 0. The van der Waals surface area contributed by atoms with Gasteiger partial charge in [-0.25, -0.2) is 4.98 Å². The Labute approximate surface area is 119 Å². The van der Waals surface area contributed by atoms with Gasteiger partial charge in [0.25, 0.3) is 0 Å². The Balaban J connectivity index is 2.01. The number of anilines is 1. The number of hydrogen-bond acceptors (Lipinski definition) is 6. The zero-order valence-corrected chi connectivity index (χ0v) is 11.2. The minimum atomic E-state index is -0.451. The number of benzene rings is 1. The summed E-state index contributed by atoms with van der Waals surface area (Å²) in [6, 6.07) is 9.04. The quantitative estimate of drug-likeness (QED) is 0.584. The second kappa shape index (κ2) is 5.20. The molecule has 0 saturated heterocycles. The maximum atomic E-state index is 11.2. The van der Waals surface area contributed by atoms with Gasteiger partial charge in [-0.1, -0.05) is 23.4 Å². The molecule has 21 heavy (non-hydrogen) atoms. The van der Waals surface area contributed by atoms with Crippen LogP contribution in [0.25, 0.3) is 10.9 Å². The SMILES string of the molecule is Cc1cc(CNc2c([N+](=O)[O-])cnc3ccccc23)on1. The summed E-state index contributed by atoms with van der Waals surface area (Å²) in [6.45, 7) is 2.13. The number of rotatable bonds is 4. The smallest absolute Gasteiger partial charge is 0.311 e. The van der Waals surface area contributed by atoms with E-state index in [2.05, 4.69) is 15.5 Å². The van der Waals surface area contributed by atoms with Crippen LogP contribution < -0.4 is 5.32 Å². The van der Waals surface area contributed by atoms with Gasteiger partial charge in [-0.3, -0.25) is 10.1 Å². The number of nitro groups is 1. The molecule has 0 saturated carbocycles. The molecule has 0 fully saturated rings. The lowest BCUT2D eigenvalue weighted by Gasteiger charge is -2.08. The van der Waals surface area contributed by atoms with Crippen LogP contribution in [0.1, 0.15) is 11.5 Å². The van der Waals surface area contributed by atoms with Gasteiger partial charge in [0.05, 0.1) is 22.7 Å². The number of pyridine rings is 1. The van der Waals surface area contributed by atoms with E-state index in [9.17, 15) is 10.1 Å². The molecule has 106 valence electrons. The van der Waals surface area contributed by atoms with Gasteiger partial charge in [0.2, 0.25) is 0 Å². The van der Waals surface area contributed by atoms with Gasteiger partial charge in [0.1, 0.15) is 11.9 Å². The molecule has 3 aromatic rings. The first-order valence-corrected chi connectivity index (χ1v) is 6.33. The second-order valence-corrected chi connectivity index (χ2v) is 4.58. The fourth-order valence-corrected chi connectivity index (χ4v) is 2.13. The molecule has 0 aliphatic rings. The fraction of sp³-hybridized carbons (Fsp3) is 0.143. The third kappa shape index (κ3) is 2.53. The van der Waals surface area contributed by atoms with Crippen molar-refractivity contribution in [2.75, 3.05) is 5.32 Å². The Morgan fingerprint density at radius 1 is 1.38 bits per heavy atom. The molecule has 3 rings (SSSR count). The molecule has 0 aliphatic heterocycles. The summed E-state index contributed by atoms with van der Waals surface area (Å²) < 4.78 is 5.10. The number of nitrogens with one attached hydrogen (secondary N) is 1. The molecule has 1 N–H and O–H groups in total. The van der Waals surface area contributed by atoms with E-state index in [0.717, 1.165) is 5.69 Å². The minimum absolute atomic E-state index is 0.0649. The van der Waals surface area contributed by atoms with Gasteiger partial charge < -0.3 is 9.84 Å². The van der Waals surface area contributed by atoms with E-state index in [1.807, 2.05) is 25.1 Å². The molecular formula is C14H12N4O3. The Morgan fingerprint density at radius 2 is 2.19 bits per heavy atom. The predicted octanol–water partition coefficient (Wildman–Crippen LogP) is 3.05. The largest absolute Gasteiger partial charge is 0.372 e. The van der Waals surface area contributed by atoms with E-state index < -0.39 is 4.92 Å². The van der Waals surface area contributed by atoms with Crippen molar-refractivity contribution < 1.29 is 9.45 Å². The van der Waals surface area contributed by atoms with Gasteiger partial charge in [0.15, 0.2) is 5.76 Å². The molecule has 0 bridgehead atoms. The Morgan fingerprint density at radius 3 is 2.90 bits per heavy atom. The number of nitrogens with zero attached hydrogens (tertiary/aromatic N) is 3. The van der Waals surface area contributed by atoms with E-state index in [0.29, 0.717) is 28.9 Å². The van der Waals surface area contributed by atoms with Crippen LogP contribution in [0.2, 0.25) is 0 Å². The maximum Gasteiger partial charge on any atom is 0.311 e. The molecule has 0 atom stereocenters. The predicted molar refractivity (Wildman–Crippen MR) is 77.0 cm³/mol. The molecular weight excluding hydrogens is 272 g/mol. The summed E-state index contributed by atoms with van der Waals surface area (Å²) in [5, 5.41) is 18.7. The standard InChI is InChI=1S/C14H12N4O3/c1-9-6-10(21-17-9)7-16-14-11-4-2-3-5-12(11)15-8-13(14)18(19)20/h2-6,8H,7H2,1H3,(H,15,16). The molecule has 1 aromatic carbocycles. The highest BCUT2D eigenvalue weighted by Crippen LogP contribution is 2.31. The topological polar surface area (TPSA) is 94.1 Å². The van der Waals surface area contributed by atoms with E-state index in [4.69, 9.17) is 4.52 Å². The molecule has 0 spiro atoms. The molecule has 7 nitrogen and oxygen atoms in total. The van der Waals surface area contributed by atoms with Crippen molar-refractivity contribution >= 4 is 22.3 Å². The zero-order valence-electron chi connectivity index (χ0n) is 11.2. The molecule has 0 amide bonds. The number of aromatic nitrogens is 2. The molecule has 2 aromatic heterocycles. The minimum Gasteiger partial charge on any atom is -0.372 e. The molecule has 2 heterocycles. The van der Waals surface area contributed by atoms with Crippen LogP contribution in [-0.4, -0.2) is 15.1 Å². The molecule has 0 radical (unpaired) electrons. The van der Waals surface area contributed by atoms with Gasteiger partial charge in [-0.15, -0.1) is 0 Å². The highest BCUT2D eigenvalue weighted by Gasteiger charge is 2.18. The van der Waals surface area contributed by atoms with Crippen LogP contribution >= 0.6 is 0 Å². The lowest BCUT2D eigenvalue weighted by Crippen LogP contribution is -2.03. The first-order valence-electron chi connectivity index (χ1n) is 6.33. The zero-order chi connectivity index (χ0) is 14.8. The molecule has 0 aliphatic carbocycles. The van der Waals surface area contributed by atoms with E-state index in [-0.39, 0.29) is 5.69 Å². The van der Waals surface area contributed by atoms with Crippen molar-refractivity contribution in [3.63, 3.8) is 0 Å². The van der Waals surface area contributed by atoms with Crippen LogP contribution in [-0.2, 0) is 6.54 Å². The monoisotopic (exact) mass is 284 g/mol. The lowest BCUT2D eigenvalue weighted by atomic mass is 10.1. The van der Waals surface area contributed by atoms with Crippen LogP contribution in [0.4, 0.5) is 11.4 Å². The number of aryl methyl sites for hydroxylation is 1. The lowest BCUT2D eigenvalue weighted by molar-refractivity contribution is -0.384. The maximum absolute atomic E-state index is 11.2. The average Bonchev–Trinajstić information content (AvgIpc) is 2.90. The van der Waals surface area contributed by atoms with Crippen LogP contribution in [0.15, 0.2) is 41.1 Å². The third-order valence-corrected chi connectivity index (χ3v) is 3.07. The van der Waals surface area contributed by atoms with Crippen molar-refractivity contribution in [2.24, 2.45) is 0 Å². The fourth-order valence-electron chi connectivity index (χ4n) is 2.13. The van der Waals surface area contributed by atoms with Gasteiger partial charge in [0, 0.05) is 11.5 Å². The first kappa shape index (κ1) is 13.0. The van der Waals surface area contributed by atoms with Gasteiger partial charge in [-0.05, 0) is 13.0 Å². The van der Waals surface area contributed by atoms with E-state index >= 15 is 0 Å². The van der Waals surface area contributed by atoms with Crippen molar-refractivity contribution in [1.82, 2.24) is 10.1 Å². The first-order chi connectivity index (χ1) is 10.1. The summed E-state index contributed by atoms with van der Waals surface area (Å²) >= 11 is 0. The van der Waals surface area contributed by atoms with Crippen LogP contribution in [0, 0.1) is 17.0 Å². The van der Waals surface area contributed by atoms with Crippen LogP contribution in [0.5, 0.6) is 0 Å². The van der Waals surface area contributed by atoms with Crippen molar-refractivity contribution in [2.45, 2.75) is 13.5 Å². The number of para-hydroxylation sites is 1. The van der Waals surface area contributed by atoms with E-state index in [1.54, 1.807) is 12.1 Å². The Hall–Kier alpha value is -2.96. The second-order valence-electron chi connectivity index (χ2n) is 4.58. The highest BCUT2D eigenvalue weighted by molar-refractivity contribution is 5.95. The highest BCUT2D eigenvalue weighted by atomic mass is 16.6. The summed E-state index contributed by atoms with van der Waals surface area (Å²) in [6.07, 6.45) is 1.26. The summed E-state index contributed by atoms with van der Waals surface area (Å²) in [5.41, 5.74) is 1.82. The van der Waals surface area contributed by atoms with Crippen molar-refractivity contribution in [1.29, 1.82) is 0 Å². The number of fused-ring (bicyclic) bond motifs is 1. The van der Waals surface area contributed by atoms with Gasteiger partial charge in [-0.2, -0.15) is 0 Å². The third-order valence-electron chi connectivity index (χ3n) is 3.07. The van der Waals surface area contributed by atoms with Gasteiger partial charge >= 0.3 is 5.69 Å². The molecule has 0 unspecified atom stereocenters. The van der Waals surface area contributed by atoms with E-state index in [1.165, 1.54) is 6.20 Å². The Kier molecular flexibility index (Phi) is 3.23. The average molecular weight is 284 g/mol. The number of hydrogen-bond donors (Lipinski definition) is 1. The van der Waals surface area contributed by atoms with Crippen LogP contribution in [0.3, 0.4) is 0 Å². The Bertz CT molecular complexity index is 813. The molecule has 7 heteroatoms. The summed E-state index contributed by atoms with van der Waals surface area (Å²) in [4.78, 5) is 14.8. The summed E-state index contributed by atoms with van der Waals surface area (Å²) in [5.74, 6) is 0.614. The van der Waals surface area contributed by atoms with Crippen molar-refractivity contribution in [3.05, 3.63) is 58.1 Å².